The molecule has 0 bridgehead atoms. The van der Waals surface area contributed by atoms with Crippen molar-refractivity contribution in [1.82, 2.24) is 0 Å². The van der Waals surface area contributed by atoms with Crippen molar-refractivity contribution < 1.29 is 9.47 Å². The third-order valence-corrected chi connectivity index (χ3v) is 2.75. The summed E-state index contributed by atoms with van der Waals surface area (Å²) in [6.07, 6.45) is 1.76. The highest BCUT2D eigenvalue weighted by molar-refractivity contribution is 5.41. The monoisotopic (exact) mass is 249 g/mol. The molecule has 0 fully saturated rings. The van der Waals surface area contributed by atoms with Gasteiger partial charge in [-0.15, -0.1) is 0 Å². The minimum Gasteiger partial charge on any atom is -0.497 e. The molecule has 0 aromatic heterocycles. The van der Waals surface area contributed by atoms with Crippen LogP contribution in [0.4, 0.5) is 0 Å². The van der Waals surface area contributed by atoms with Gasteiger partial charge in [0, 0.05) is 12.1 Å². The van der Waals surface area contributed by atoms with Gasteiger partial charge in [0.15, 0.2) is 0 Å². The minimum absolute atomic E-state index is 0.158. The number of methoxy groups -OCH3 is 1. The van der Waals surface area contributed by atoms with Crippen molar-refractivity contribution in [2.45, 2.75) is 32.7 Å². The summed E-state index contributed by atoms with van der Waals surface area (Å²) in [6, 6.07) is 6.01. The van der Waals surface area contributed by atoms with E-state index in [1.165, 1.54) is 0 Å². The lowest BCUT2D eigenvalue weighted by atomic mass is 10.0. The Morgan fingerprint density at radius 3 is 2.72 bits per heavy atom. The quantitative estimate of drug-likeness (QED) is 0.756. The Morgan fingerprint density at radius 1 is 1.44 bits per heavy atom. The highest BCUT2D eigenvalue weighted by atomic mass is 16.5. The lowest BCUT2D eigenvalue weighted by Crippen LogP contribution is -2.21. The lowest BCUT2D eigenvalue weighted by Gasteiger charge is -2.15. The molecule has 0 spiro atoms. The van der Waals surface area contributed by atoms with Crippen LogP contribution >= 0.6 is 0 Å². The van der Waals surface area contributed by atoms with Crippen molar-refractivity contribution in [3.05, 3.63) is 35.9 Å². The van der Waals surface area contributed by atoms with Crippen LogP contribution in [0.15, 0.2) is 30.4 Å². The van der Waals surface area contributed by atoms with Gasteiger partial charge in [-0.05, 0) is 37.0 Å². The maximum absolute atomic E-state index is 6.00. The fourth-order valence-corrected chi connectivity index (χ4v) is 1.59. The topological polar surface area (TPSA) is 44.5 Å². The normalized spacial score (nSPS) is 12.0. The number of nitrogens with two attached hydrogens (primary N) is 1. The van der Waals surface area contributed by atoms with Crippen LogP contribution in [0.25, 0.3) is 0 Å². The third kappa shape index (κ3) is 4.41. The maximum Gasteiger partial charge on any atom is 0.126 e. The van der Waals surface area contributed by atoms with Gasteiger partial charge in [0.1, 0.15) is 18.1 Å². The van der Waals surface area contributed by atoms with Gasteiger partial charge < -0.3 is 15.2 Å². The van der Waals surface area contributed by atoms with Gasteiger partial charge in [-0.2, -0.15) is 0 Å². The van der Waals surface area contributed by atoms with Crippen LogP contribution in [0.1, 0.15) is 25.8 Å². The molecule has 0 aliphatic rings. The molecule has 1 atom stereocenters. The standard InChI is InChI=1S/C15H23NO2/c1-5-13(16)8-12-6-7-14(17-4)9-15(12)18-10-11(2)3/h6-7,9,13H,2,5,8,10,16H2,1,3-4H3. The molecular formula is C15H23NO2. The zero-order valence-corrected chi connectivity index (χ0v) is 11.5. The van der Waals surface area contributed by atoms with Crippen LogP contribution in [-0.4, -0.2) is 19.8 Å². The molecule has 0 saturated carbocycles. The molecule has 100 valence electrons. The molecule has 0 saturated heterocycles. The van der Waals surface area contributed by atoms with E-state index in [-0.39, 0.29) is 6.04 Å². The summed E-state index contributed by atoms with van der Waals surface area (Å²) in [4.78, 5) is 0. The Kier molecular flexibility index (Phi) is 5.72. The second kappa shape index (κ2) is 7.07. The molecule has 3 heteroatoms. The van der Waals surface area contributed by atoms with Crippen molar-refractivity contribution in [1.29, 1.82) is 0 Å². The fourth-order valence-electron chi connectivity index (χ4n) is 1.59. The minimum atomic E-state index is 0.158. The van der Waals surface area contributed by atoms with Crippen LogP contribution in [0, 0.1) is 0 Å². The predicted octanol–water partition coefficient (Wildman–Crippen LogP) is 2.93. The van der Waals surface area contributed by atoms with Crippen molar-refractivity contribution in [3.8, 4) is 11.5 Å². The van der Waals surface area contributed by atoms with Gasteiger partial charge in [0.05, 0.1) is 7.11 Å². The average molecular weight is 249 g/mol. The molecule has 1 rings (SSSR count). The van der Waals surface area contributed by atoms with Crippen molar-refractivity contribution in [2.24, 2.45) is 5.73 Å². The summed E-state index contributed by atoms with van der Waals surface area (Å²) in [5, 5.41) is 0. The summed E-state index contributed by atoms with van der Waals surface area (Å²) >= 11 is 0. The van der Waals surface area contributed by atoms with E-state index >= 15 is 0 Å². The predicted molar refractivity (Wildman–Crippen MR) is 75.3 cm³/mol. The lowest BCUT2D eigenvalue weighted by molar-refractivity contribution is 0.342. The van der Waals surface area contributed by atoms with E-state index in [1.807, 2.05) is 25.1 Å². The van der Waals surface area contributed by atoms with Gasteiger partial charge in [-0.1, -0.05) is 19.6 Å². The van der Waals surface area contributed by atoms with Gasteiger partial charge in [0.25, 0.3) is 0 Å². The number of benzene rings is 1. The Labute approximate surface area is 110 Å². The molecular weight excluding hydrogens is 226 g/mol. The highest BCUT2D eigenvalue weighted by Gasteiger charge is 2.09. The maximum atomic E-state index is 6.00. The second-order valence-electron chi connectivity index (χ2n) is 4.59. The fraction of sp³-hybridized carbons (Fsp3) is 0.467. The Morgan fingerprint density at radius 2 is 2.17 bits per heavy atom. The first-order valence-electron chi connectivity index (χ1n) is 6.26. The summed E-state index contributed by atoms with van der Waals surface area (Å²) in [5.74, 6) is 1.63. The first-order chi connectivity index (χ1) is 8.56. The van der Waals surface area contributed by atoms with Crippen LogP contribution in [-0.2, 0) is 6.42 Å². The summed E-state index contributed by atoms with van der Waals surface area (Å²) in [6.45, 7) is 8.38. The van der Waals surface area contributed by atoms with Crippen LogP contribution in [0.2, 0.25) is 0 Å². The largest absolute Gasteiger partial charge is 0.497 e. The Hall–Kier alpha value is -1.48. The van der Waals surface area contributed by atoms with Gasteiger partial charge >= 0.3 is 0 Å². The zero-order valence-electron chi connectivity index (χ0n) is 11.5. The average Bonchev–Trinajstić information content (AvgIpc) is 2.37. The van der Waals surface area contributed by atoms with Gasteiger partial charge in [-0.25, -0.2) is 0 Å². The SMILES string of the molecule is C=C(C)COc1cc(OC)ccc1CC(N)CC. The molecule has 1 aromatic rings. The third-order valence-electron chi connectivity index (χ3n) is 2.75. The van der Waals surface area contributed by atoms with Crippen molar-refractivity contribution >= 4 is 0 Å². The molecule has 0 aliphatic carbocycles. The molecule has 0 heterocycles. The molecule has 0 aliphatic heterocycles. The highest BCUT2D eigenvalue weighted by Crippen LogP contribution is 2.26. The van der Waals surface area contributed by atoms with Crippen LogP contribution in [0.5, 0.6) is 11.5 Å². The zero-order chi connectivity index (χ0) is 13.5. The molecule has 1 unspecified atom stereocenters. The number of hydrogen-bond acceptors (Lipinski definition) is 3. The van der Waals surface area contributed by atoms with Crippen LogP contribution in [0.3, 0.4) is 0 Å². The number of hydrogen-bond donors (Lipinski definition) is 1. The smallest absolute Gasteiger partial charge is 0.126 e. The van der Waals surface area contributed by atoms with E-state index in [2.05, 4.69) is 13.5 Å². The Balaban J connectivity index is 2.89. The molecule has 0 radical (unpaired) electrons. The van der Waals surface area contributed by atoms with Crippen molar-refractivity contribution in [2.75, 3.05) is 13.7 Å². The number of ether oxygens (including phenoxy) is 2. The van der Waals surface area contributed by atoms with Gasteiger partial charge in [-0.3, -0.25) is 0 Å². The Bertz CT molecular complexity index is 401. The first-order valence-corrected chi connectivity index (χ1v) is 6.26. The first kappa shape index (κ1) is 14.6. The van der Waals surface area contributed by atoms with Crippen molar-refractivity contribution in [3.63, 3.8) is 0 Å². The van der Waals surface area contributed by atoms with E-state index in [0.29, 0.717) is 6.61 Å². The summed E-state index contributed by atoms with van der Waals surface area (Å²) < 4.78 is 11.0. The van der Waals surface area contributed by atoms with E-state index in [0.717, 1.165) is 35.5 Å². The van der Waals surface area contributed by atoms with Gasteiger partial charge in [0.2, 0.25) is 0 Å². The van der Waals surface area contributed by atoms with Crippen LogP contribution < -0.4 is 15.2 Å². The molecule has 3 nitrogen and oxygen atoms in total. The molecule has 1 aromatic carbocycles. The van der Waals surface area contributed by atoms with E-state index < -0.39 is 0 Å². The summed E-state index contributed by atoms with van der Waals surface area (Å²) in [5.41, 5.74) is 8.10. The second-order valence-corrected chi connectivity index (χ2v) is 4.59. The van der Waals surface area contributed by atoms with E-state index in [1.54, 1.807) is 7.11 Å². The molecule has 0 amide bonds. The molecule has 18 heavy (non-hydrogen) atoms. The van der Waals surface area contributed by atoms with E-state index in [4.69, 9.17) is 15.2 Å². The summed E-state index contributed by atoms with van der Waals surface area (Å²) in [7, 11) is 1.65. The number of rotatable bonds is 7. The molecule has 2 N–H and O–H groups in total. The van der Waals surface area contributed by atoms with E-state index in [9.17, 15) is 0 Å².